The highest BCUT2D eigenvalue weighted by Gasteiger charge is 2.23. The molecule has 2 rings (SSSR count). The Labute approximate surface area is 130 Å². The maximum absolute atomic E-state index is 12.1. The molecule has 1 atom stereocenters. The predicted molar refractivity (Wildman–Crippen MR) is 84.9 cm³/mol. The molecule has 0 aliphatic carbocycles. The van der Waals surface area contributed by atoms with Crippen molar-refractivity contribution in [1.29, 1.82) is 0 Å². The lowest BCUT2D eigenvalue weighted by atomic mass is 9.92. The lowest BCUT2D eigenvalue weighted by Gasteiger charge is -2.34. The Bertz CT molecular complexity index is 468. The lowest BCUT2D eigenvalue weighted by molar-refractivity contribution is -0.123. The van der Waals surface area contributed by atoms with E-state index < -0.39 is 0 Å². The van der Waals surface area contributed by atoms with E-state index in [1.807, 2.05) is 6.92 Å². The minimum absolute atomic E-state index is 0.0965. The molecular weight excluding hydrogens is 286 g/mol. The Kier molecular flexibility index (Phi) is 5.52. The Morgan fingerprint density at radius 1 is 1.38 bits per heavy atom. The molecule has 1 aliphatic rings. The number of nitrogens with two attached hydrogens (primary N) is 1. The molecule has 1 aliphatic heterocycles. The molecule has 1 amide bonds. The van der Waals surface area contributed by atoms with E-state index in [0.29, 0.717) is 23.5 Å². The second-order valence-corrected chi connectivity index (χ2v) is 7.09. The normalized spacial score (nSPS) is 18.9. The summed E-state index contributed by atoms with van der Waals surface area (Å²) in [5, 5.41) is 11.9. The first kappa shape index (κ1) is 16.2. The predicted octanol–water partition coefficient (Wildman–Crippen LogP) is 1.81. The van der Waals surface area contributed by atoms with Gasteiger partial charge in [0.05, 0.1) is 6.04 Å². The fourth-order valence-corrected chi connectivity index (χ4v) is 3.33. The van der Waals surface area contributed by atoms with Crippen LogP contribution in [0.15, 0.2) is 0 Å². The number of piperidine rings is 1. The summed E-state index contributed by atoms with van der Waals surface area (Å²) in [7, 11) is 0. The summed E-state index contributed by atoms with van der Waals surface area (Å²) >= 11 is 1.32. The van der Waals surface area contributed by atoms with Crippen molar-refractivity contribution in [2.45, 2.75) is 52.1 Å². The van der Waals surface area contributed by atoms with Gasteiger partial charge >= 0.3 is 0 Å². The van der Waals surface area contributed by atoms with Crippen LogP contribution >= 0.6 is 11.3 Å². The number of hydrogen-bond donors (Lipinski definition) is 2. The number of amides is 1. The topological polar surface area (TPSA) is 84.1 Å². The van der Waals surface area contributed by atoms with Gasteiger partial charge in [-0.1, -0.05) is 11.3 Å². The molecule has 3 N–H and O–H groups in total. The van der Waals surface area contributed by atoms with Crippen molar-refractivity contribution in [2.24, 2.45) is 5.92 Å². The van der Waals surface area contributed by atoms with Crippen LogP contribution in [0.5, 0.6) is 0 Å². The fraction of sp³-hybridized carbons (Fsp3) is 0.786. The number of likely N-dealkylation sites (tertiary alicyclic amines) is 1. The van der Waals surface area contributed by atoms with Crippen molar-refractivity contribution in [3.8, 4) is 0 Å². The third-order valence-corrected chi connectivity index (χ3v) is 4.99. The summed E-state index contributed by atoms with van der Waals surface area (Å²) in [6.07, 6.45) is 2.81. The molecule has 118 valence electrons. The Balaban J connectivity index is 1.75. The average molecular weight is 311 g/mol. The van der Waals surface area contributed by atoms with Crippen LogP contribution in [0.3, 0.4) is 0 Å². The van der Waals surface area contributed by atoms with Crippen LogP contribution in [0.2, 0.25) is 0 Å². The average Bonchev–Trinajstić information content (AvgIpc) is 2.86. The minimum atomic E-state index is -0.122. The Hall–Kier alpha value is -1.21. The number of carbonyl (C=O) groups excluding carboxylic acids is 1. The molecule has 0 spiro atoms. The molecule has 0 unspecified atom stereocenters. The number of nitrogens with one attached hydrogen (secondary N) is 1. The van der Waals surface area contributed by atoms with Gasteiger partial charge in [0.1, 0.15) is 5.01 Å². The van der Waals surface area contributed by atoms with E-state index in [9.17, 15) is 4.79 Å². The van der Waals surface area contributed by atoms with Crippen LogP contribution in [0, 0.1) is 5.92 Å². The van der Waals surface area contributed by atoms with E-state index in [2.05, 4.69) is 34.3 Å². The number of rotatable bonds is 5. The molecule has 6 nitrogen and oxygen atoms in total. The molecule has 1 aromatic heterocycles. The number of anilines is 1. The van der Waals surface area contributed by atoms with Gasteiger partial charge in [-0.2, -0.15) is 0 Å². The number of nitrogen functional groups attached to an aromatic ring is 1. The summed E-state index contributed by atoms with van der Waals surface area (Å²) in [4.78, 5) is 14.6. The van der Waals surface area contributed by atoms with E-state index >= 15 is 0 Å². The van der Waals surface area contributed by atoms with Crippen LogP contribution in [0.25, 0.3) is 0 Å². The zero-order valence-corrected chi connectivity index (χ0v) is 13.8. The number of aromatic nitrogens is 2. The van der Waals surface area contributed by atoms with Gasteiger partial charge in [-0.15, -0.1) is 10.2 Å². The van der Waals surface area contributed by atoms with Crippen LogP contribution in [-0.4, -0.2) is 40.1 Å². The molecule has 0 bridgehead atoms. The Morgan fingerprint density at radius 3 is 2.57 bits per heavy atom. The first-order valence-electron chi connectivity index (χ1n) is 7.58. The van der Waals surface area contributed by atoms with Gasteiger partial charge in [-0.3, -0.25) is 4.79 Å². The number of nitrogens with zero attached hydrogens (tertiary/aromatic N) is 3. The molecule has 1 fully saturated rings. The largest absolute Gasteiger partial charge is 0.374 e. The van der Waals surface area contributed by atoms with Gasteiger partial charge in [0.15, 0.2) is 0 Å². The van der Waals surface area contributed by atoms with Crippen LogP contribution in [0.4, 0.5) is 5.13 Å². The van der Waals surface area contributed by atoms with Crippen molar-refractivity contribution in [3.63, 3.8) is 0 Å². The van der Waals surface area contributed by atoms with E-state index in [0.717, 1.165) is 30.9 Å². The number of hydrogen-bond acceptors (Lipinski definition) is 6. The first-order chi connectivity index (χ1) is 9.95. The zero-order chi connectivity index (χ0) is 15.4. The zero-order valence-electron chi connectivity index (χ0n) is 13.0. The highest BCUT2D eigenvalue weighted by atomic mass is 32.1. The van der Waals surface area contributed by atoms with E-state index in [1.165, 1.54) is 11.3 Å². The van der Waals surface area contributed by atoms with E-state index in [4.69, 9.17) is 5.73 Å². The lowest BCUT2D eigenvalue weighted by Crippen LogP contribution is -2.39. The van der Waals surface area contributed by atoms with Crippen molar-refractivity contribution in [2.75, 3.05) is 18.8 Å². The first-order valence-corrected chi connectivity index (χ1v) is 8.39. The van der Waals surface area contributed by atoms with Crippen LogP contribution in [-0.2, 0) is 4.79 Å². The summed E-state index contributed by atoms with van der Waals surface area (Å²) in [5.74, 6) is 0.589. The molecule has 2 heterocycles. The summed E-state index contributed by atoms with van der Waals surface area (Å²) < 4.78 is 0. The van der Waals surface area contributed by atoms with Gasteiger partial charge in [0.25, 0.3) is 0 Å². The molecule has 1 aromatic rings. The monoisotopic (exact) mass is 311 g/mol. The Morgan fingerprint density at radius 2 is 2.05 bits per heavy atom. The summed E-state index contributed by atoms with van der Waals surface area (Å²) in [5.41, 5.74) is 5.56. The molecule has 0 saturated carbocycles. The summed E-state index contributed by atoms with van der Waals surface area (Å²) in [6, 6.07) is 0.478. The second kappa shape index (κ2) is 7.17. The molecule has 0 radical (unpaired) electrons. The second-order valence-electron chi connectivity index (χ2n) is 6.04. The third kappa shape index (κ3) is 4.64. The molecule has 21 heavy (non-hydrogen) atoms. The maximum atomic E-state index is 12.1. The van der Waals surface area contributed by atoms with Crippen molar-refractivity contribution in [3.05, 3.63) is 5.01 Å². The van der Waals surface area contributed by atoms with Crippen molar-refractivity contribution < 1.29 is 4.79 Å². The van der Waals surface area contributed by atoms with Crippen LogP contribution in [0.1, 0.15) is 51.1 Å². The molecule has 0 aromatic carbocycles. The maximum Gasteiger partial charge on any atom is 0.220 e. The van der Waals surface area contributed by atoms with Crippen molar-refractivity contribution in [1.82, 2.24) is 20.4 Å². The molecular formula is C14H25N5OS. The summed E-state index contributed by atoms with van der Waals surface area (Å²) in [6.45, 7) is 8.56. The van der Waals surface area contributed by atoms with E-state index in [-0.39, 0.29) is 11.9 Å². The third-order valence-electron chi connectivity index (χ3n) is 4.06. The molecule has 7 heteroatoms. The van der Waals surface area contributed by atoms with Gasteiger partial charge < -0.3 is 16.0 Å². The standard InChI is InChI=1S/C14H25N5OS/c1-9(2)19-6-4-11(5-7-19)8-12(20)16-10(3)13-17-18-14(15)21-13/h9-11H,4-8H2,1-3H3,(H2,15,18)(H,16,20)/t10-/m1/s1. The molecule has 1 saturated heterocycles. The van der Waals surface area contributed by atoms with E-state index in [1.54, 1.807) is 0 Å². The van der Waals surface area contributed by atoms with Gasteiger partial charge in [0.2, 0.25) is 11.0 Å². The van der Waals surface area contributed by atoms with Gasteiger partial charge in [-0.25, -0.2) is 0 Å². The highest BCUT2D eigenvalue weighted by molar-refractivity contribution is 7.15. The smallest absolute Gasteiger partial charge is 0.220 e. The highest BCUT2D eigenvalue weighted by Crippen LogP contribution is 2.23. The van der Waals surface area contributed by atoms with Gasteiger partial charge in [0, 0.05) is 12.5 Å². The number of carbonyl (C=O) groups is 1. The fourth-order valence-electron chi connectivity index (χ4n) is 2.72. The SMILES string of the molecule is CC(C)N1CCC(CC(=O)N[C@H](C)c2nnc(N)s2)CC1. The quantitative estimate of drug-likeness (QED) is 0.866. The minimum Gasteiger partial charge on any atom is -0.374 e. The van der Waals surface area contributed by atoms with Crippen molar-refractivity contribution >= 4 is 22.4 Å². The van der Waals surface area contributed by atoms with Crippen LogP contribution < -0.4 is 11.1 Å². The van der Waals surface area contributed by atoms with Gasteiger partial charge in [-0.05, 0) is 52.6 Å².